The molecule has 0 saturated carbocycles. The van der Waals surface area contributed by atoms with Gasteiger partial charge in [-0.1, -0.05) is 15.9 Å². The summed E-state index contributed by atoms with van der Waals surface area (Å²) in [6.45, 7) is 4.29. The molecule has 5 heteroatoms. The molecule has 1 rings (SSSR count). The number of halogens is 1. The maximum Gasteiger partial charge on any atom is 0.223 e. The van der Waals surface area contributed by atoms with E-state index in [1.54, 1.807) is 0 Å². The molecule has 4 nitrogen and oxygen atoms in total. The first-order valence-corrected chi connectivity index (χ1v) is 6.07. The van der Waals surface area contributed by atoms with Crippen LogP contribution in [0.25, 0.3) is 0 Å². The highest BCUT2D eigenvalue weighted by molar-refractivity contribution is 9.09. The Hall–Kier alpha value is -0.130. The number of carbonyl (C=O) groups is 1. The quantitative estimate of drug-likeness (QED) is 0.722. The lowest BCUT2D eigenvalue weighted by atomic mass is 10.3. The minimum atomic E-state index is 0.204. The average molecular weight is 265 g/mol. The molecule has 0 atom stereocenters. The van der Waals surface area contributed by atoms with E-state index in [1.165, 1.54) is 0 Å². The third-order valence-corrected chi connectivity index (χ3v) is 2.85. The largest absolute Gasteiger partial charge is 0.395 e. The minimum Gasteiger partial charge on any atom is -0.395 e. The maximum absolute atomic E-state index is 11.5. The Bertz CT molecular complexity index is 182. The molecule has 0 aromatic heterocycles. The van der Waals surface area contributed by atoms with E-state index in [0.29, 0.717) is 6.42 Å². The van der Waals surface area contributed by atoms with Gasteiger partial charge in [0.1, 0.15) is 0 Å². The van der Waals surface area contributed by atoms with Crippen molar-refractivity contribution in [2.75, 3.05) is 44.7 Å². The Morgan fingerprint density at radius 3 is 2.43 bits per heavy atom. The highest BCUT2D eigenvalue weighted by atomic mass is 79.9. The van der Waals surface area contributed by atoms with E-state index in [2.05, 4.69) is 20.8 Å². The maximum atomic E-state index is 11.5. The Morgan fingerprint density at radius 1 is 1.29 bits per heavy atom. The van der Waals surface area contributed by atoms with Crippen LogP contribution in [-0.4, -0.2) is 65.5 Å². The smallest absolute Gasteiger partial charge is 0.223 e. The molecule has 1 aliphatic rings. The minimum absolute atomic E-state index is 0.204. The van der Waals surface area contributed by atoms with Crippen molar-refractivity contribution in [2.45, 2.75) is 6.42 Å². The standard InChI is InChI=1S/C9H17BrN2O2/c10-2-1-9(14)12-5-3-11(4-6-12)7-8-13/h13H,1-8H2. The normalized spacial score (nSPS) is 18.6. The van der Waals surface area contributed by atoms with Crippen LogP contribution in [0.4, 0.5) is 0 Å². The van der Waals surface area contributed by atoms with E-state index >= 15 is 0 Å². The van der Waals surface area contributed by atoms with Crippen LogP contribution in [0, 0.1) is 0 Å². The molecule has 0 aliphatic carbocycles. The van der Waals surface area contributed by atoms with Gasteiger partial charge in [0.05, 0.1) is 6.61 Å². The molecular formula is C9H17BrN2O2. The van der Waals surface area contributed by atoms with E-state index in [-0.39, 0.29) is 12.5 Å². The highest BCUT2D eigenvalue weighted by Gasteiger charge is 2.19. The third-order valence-electron chi connectivity index (χ3n) is 2.45. The van der Waals surface area contributed by atoms with Gasteiger partial charge in [-0.15, -0.1) is 0 Å². The van der Waals surface area contributed by atoms with Crippen LogP contribution in [-0.2, 0) is 4.79 Å². The zero-order valence-corrected chi connectivity index (χ0v) is 9.87. The molecule has 0 bridgehead atoms. The molecule has 0 spiro atoms. The van der Waals surface area contributed by atoms with E-state index in [0.717, 1.165) is 38.1 Å². The summed E-state index contributed by atoms with van der Waals surface area (Å²) >= 11 is 3.26. The Kier molecular flexibility index (Phi) is 5.44. The van der Waals surface area contributed by atoms with Gasteiger partial charge < -0.3 is 10.0 Å². The summed E-state index contributed by atoms with van der Waals surface area (Å²) in [5, 5.41) is 9.49. The van der Waals surface area contributed by atoms with Crippen LogP contribution in [0.5, 0.6) is 0 Å². The summed E-state index contributed by atoms with van der Waals surface area (Å²) in [6, 6.07) is 0. The zero-order chi connectivity index (χ0) is 10.4. The second-order valence-corrected chi connectivity index (χ2v) is 4.18. The van der Waals surface area contributed by atoms with E-state index in [9.17, 15) is 4.79 Å². The summed E-state index contributed by atoms with van der Waals surface area (Å²) in [4.78, 5) is 15.6. The SMILES string of the molecule is O=C(CCBr)N1CCN(CCO)CC1. The number of carbonyl (C=O) groups excluding carboxylic acids is 1. The van der Waals surface area contributed by atoms with Crippen molar-refractivity contribution in [3.05, 3.63) is 0 Å². The molecule has 1 aliphatic heterocycles. The fourth-order valence-electron chi connectivity index (χ4n) is 1.60. The molecule has 0 unspecified atom stereocenters. The van der Waals surface area contributed by atoms with Crippen LogP contribution in [0.3, 0.4) is 0 Å². The lowest BCUT2D eigenvalue weighted by molar-refractivity contribution is -0.132. The number of aliphatic hydroxyl groups is 1. The number of nitrogens with zero attached hydrogens (tertiary/aromatic N) is 2. The first-order valence-electron chi connectivity index (χ1n) is 4.95. The second-order valence-electron chi connectivity index (χ2n) is 3.39. The fraction of sp³-hybridized carbons (Fsp3) is 0.889. The molecule has 1 saturated heterocycles. The van der Waals surface area contributed by atoms with E-state index in [1.807, 2.05) is 4.90 Å². The molecular weight excluding hydrogens is 248 g/mol. The summed E-state index contributed by atoms with van der Waals surface area (Å²) in [7, 11) is 0. The predicted molar refractivity (Wildman–Crippen MR) is 58.5 cm³/mol. The number of amides is 1. The van der Waals surface area contributed by atoms with E-state index < -0.39 is 0 Å². The molecule has 82 valence electrons. The molecule has 1 N–H and O–H groups in total. The van der Waals surface area contributed by atoms with Gasteiger partial charge in [-0.3, -0.25) is 9.69 Å². The molecule has 0 aromatic rings. The van der Waals surface area contributed by atoms with Gasteiger partial charge in [0.25, 0.3) is 0 Å². The number of piperazine rings is 1. The zero-order valence-electron chi connectivity index (χ0n) is 8.28. The number of β-amino-alcohol motifs (C(OH)–C–C–N with tert-alkyl or cyclic N) is 1. The van der Waals surface area contributed by atoms with Crippen LogP contribution < -0.4 is 0 Å². The number of hydrogen-bond acceptors (Lipinski definition) is 3. The van der Waals surface area contributed by atoms with Crippen molar-refractivity contribution in [2.24, 2.45) is 0 Å². The topological polar surface area (TPSA) is 43.8 Å². The molecule has 0 radical (unpaired) electrons. The lowest BCUT2D eigenvalue weighted by Gasteiger charge is -2.34. The summed E-state index contributed by atoms with van der Waals surface area (Å²) < 4.78 is 0. The van der Waals surface area contributed by atoms with Gasteiger partial charge in [0.2, 0.25) is 5.91 Å². The molecule has 1 fully saturated rings. The van der Waals surface area contributed by atoms with Crippen molar-refractivity contribution in [1.82, 2.24) is 9.80 Å². The van der Waals surface area contributed by atoms with Gasteiger partial charge in [0.15, 0.2) is 0 Å². The highest BCUT2D eigenvalue weighted by Crippen LogP contribution is 2.04. The molecule has 0 aromatic carbocycles. The number of aliphatic hydroxyl groups excluding tert-OH is 1. The Balaban J connectivity index is 2.24. The van der Waals surface area contributed by atoms with Crippen molar-refractivity contribution in [3.8, 4) is 0 Å². The van der Waals surface area contributed by atoms with E-state index in [4.69, 9.17) is 5.11 Å². The van der Waals surface area contributed by atoms with Gasteiger partial charge in [0, 0.05) is 44.5 Å². The van der Waals surface area contributed by atoms with Crippen LogP contribution in [0.1, 0.15) is 6.42 Å². The van der Waals surface area contributed by atoms with Crippen LogP contribution >= 0.6 is 15.9 Å². The summed E-state index contributed by atoms with van der Waals surface area (Å²) in [6.07, 6.45) is 0.583. The van der Waals surface area contributed by atoms with Gasteiger partial charge >= 0.3 is 0 Å². The lowest BCUT2D eigenvalue weighted by Crippen LogP contribution is -2.49. The first kappa shape index (κ1) is 11.9. The van der Waals surface area contributed by atoms with Crippen molar-refractivity contribution in [3.63, 3.8) is 0 Å². The van der Waals surface area contributed by atoms with Crippen LogP contribution in [0.2, 0.25) is 0 Å². The number of hydrogen-bond donors (Lipinski definition) is 1. The average Bonchev–Trinajstić information content (AvgIpc) is 2.20. The number of alkyl halides is 1. The van der Waals surface area contributed by atoms with Crippen molar-refractivity contribution >= 4 is 21.8 Å². The third kappa shape index (κ3) is 3.55. The molecule has 14 heavy (non-hydrogen) atoms. The van der Waals surface area contributed by atoms with Gasteiger partial charge in [-0.2, -0.15) is 0 Å². The Labute approximate surface area is 93.0 Å². The fourth-order valence-corrected chi connectivity index (χ4v) is 1.94. The van der Waals surface area contributed by atoms with Crippen LogP contribution in [0.15, 0.2) is 0 Å². The predicted octanol–water partition coefficient (Wildman–Crippen LogP) is -0.0921. The summed E-state index contributed by atoms with van der Waals surface area (Å²) in [5.41, 5.74) is 0. The summed E-state index contributed by atoms with van der Waals surface area (Å²) in [5.74, 6) is 0.227. The monoisotopic (exact) mass is 264 g/mol. The Morgan fingerprint density at radius 2 is 1.93 bits per heavy atom. The first-order chi connectivity index (χ1) is 6.77. The van der Waals surface area contributed by atoms with Gasteiger partial charge in [-0.05, 0) is 0 Å². The van der Waals surface area contributed by atoms with Gasteiger partial charge in [-0.25, -0.2) is 0 Å². The number of rotatable bonds is 4. The molecule has 1 heterocycles. The molecule has 1 amide bonds. The van der Waals surface area contributed by atoms with Crippen molar-refractivity contribution in [1.29, 1.82) is 0 Å². The second kappa shape index (κ2) is 6.37. The van der Waals surface area contributed by atoms with Crippen molar-refractivity contribution < 1.29 is 9.90 Å².